The fourth-order valence-electron chi connectivity index (χ4n) is 7.10. The van der Waals surface area contributed by atoms with Crippen molar-refractivity contribution in [3.63, 3.8) is 0 Å². The number of benzene rings is 3. The summed E-state index contributed by atoms with van der Waals surface area (Å²) < 4.78 is 11.1. The Morgan fingerprint density at radius 2 is 1.42 bits per heavy atom. The number of rotatable bonds is 7. The largest absolute Gasteiger partial charge is 0.397 e. The van der Waals surface area contributed by atoms with Crippen molar-refractivity contribution < 1.29 is 4.43 Å². The molecule has 0 N–H and O–H groups in total. The van der Waals surface area contributed by atoms with Crippen LogP contribution in [-0.4, -0.2) is 32.6 Å². The van der Waals surface area contributed by atoms with Crippen molar-refractivity contribution in [3.05, 3.63) is 137 Å². The zero-order chi connectivity index (χ0) is 29.6. The maximum Gasteiger partial charge on any atom is 0.346 e. The van der Waals surface area contributed by atoms with Crippen LogP contribution in [0.15, 0.2) is 114 Å². The molecule has 1 unspecified atom stereocenters. The lowest BCUT2D eigenvalue weighted by molar-refractivity contribution is 0.177. The van der Waals surface area contributed by atoms with E-state index >= 15 is 0 Å². The molecule has 3 aromatic carbocycles. The third-order valence-corrected chi connectivity index (χ3v) is 14.3. The third kappa shape index (κ3) is 4.69. The topological polar surface area (TPSA) is 74.8 Å². The van der Waals surface area contributed by atoms with Gasteiger partial charge in [0.15, 0.2) is 5.82 Å². The first-order chi connectivity index (χ1) is 20.9. The van der Waals surface area contributed by atoms with Crippen LogP contribution < -0.4 is 16.1 Å². The standard InChI is InChI=1S/C35H37N5O2Si/c1-35(2,3)43(28-15-9-5-10-16-28,29-17-11-6-12-18-29)42-32-23-31(30-24-36-19-20-37-30)39-33(32)38-40(34(39)41)27-21-26(22-27)25-13-7-4-8-14-25/h4-20,24,26-27,31-32H,21-23H2,1-3H3/t26?,27?,31?,32-/m0/s1. The Morgan fingerprint density at radius 1 is 0.814 bits per heavy atom. The van der Waals surface area contributed by atoms with Crippen molar-refractivity contribution in [1.82, 2.24) is 24.3 Å². The van der Waals surface area contributed by atoms with Crippen molar-refractivity contribution in [3.8, 4) is 0 Å². The summed E-state index contributed by atoms with van der Waals surface area (Å²) in [6.07, 6.45) is 7.12. The van der Waals surface area contributed by atoms with E-state index in [4.69, 9.17) is 9.52 Å². The number of hydrogen-bond acceptors (Lipinski definition) is 5. The van der Waals surface area contributed by atoms with Gasteiger partial charge in [0, 0.05) is 18.8 Å². The minimum Gasteiger partial charge on any atom is -0.397 e. The Bertz CT molecular complexity index is 1710. The second kappa shape index (κ2) is 10.8. The van der Waals surface area contributed by atoms with E-state index in [9.17, 15) is 4.79 Å². The summed E-state index contributed by atoms with van der Waals surface area (Å²) in [5.41, 5.74) is 1.99. The second-order valence-electron chi connectivity index (χ2n) is 12.8. The van der Waals surface area contributed by atoms with Gasteiger partial charge in [-0.2, -0.15) is 5.10 Å². The number of nitrogens with zero attached hydrogens (tertiary/aromatic N) is 5. The van der Waals surface area contributed by atoms with Gasteiger partial charge in [-0.25, -0.2) is 9.48 Å². The van der Waals surface area contributed by atoms with Crippen LogP contribution in [0.25, 0.3) is 0 Å². The van der Waals surface area contributed by atoms with E-state index in [1.54, 1.807) is 23.3 Å². The second-order valence-corrected chi connectivity index (χ2v) is 17.1. The molecule has 0 bridgehead atoms. The minimum atomic E-state index is -2.90. The Balaban J connectivity index is 1.32. The van der Waals surface area contributed by atoms with Gasteiger partial charge >= 0.3 is 5.69 Å². The molecule has 218 valence electrons. The molecule has 0 radical (unpaired) electrons. The molecule has 7 nitrogen and oxygen atoms in total. The lowest BCUT2D eigenvalue weighted by Crippen LogP contribution is -2.66. The van der Waals surface area contributed by atoms with E-state index < -0.39 is 8.32 Å². The first kappa shape index (κ1) is 27.7. The maximum atomic E-state index is 14.1. The van der Waals surface area contributed by atoms with Gasteiger partial charge in [-0.05, 0) is 39.7 Å². The maximum absolute atomic E-state index is 14.1. The molecule has 1 aliphatic heterocycles. The first-order valence-corrected chi connectivity index (χ1v) is 17.1. The Hall–Kier alpha value is -4.14. The highest BCUT2D eigenvalue weighted by molar-refractivity contribution is 6.99. The fraction of sp³-hybridized carbons (Fsp3) is 0.314. The fourth-order valence-corrected chi connectivity index (χ4v) is 11.7. The van der Waals surface area contributed by atoms with Crippen molar-refractivity contribution >= 4 is 18.7 Å². The van der Waals surface area contributed by atoms with E-state index in [1.165, 1.54) is 15.9 Å². The normalized spacial score (nSPS) is 21.7. The van der Waals surface area contributed by atoms with Crippen molar-refractivity contribution in [2.45, 2.75) is 69.2 Å². The molecule has 0 spiro atoms. The molecule has 8 heteroatoms. The molecule has 7 rings (SSSR count). The predicted molar refractivity (Wildman–Crippen MR) is 170 cm³/mol. The van der Waals surface area contributed by atoms with Crippen LogP contribution in [0.2, 0.25) is 5.04 Å². The zero-order valence-electron chi connectivity index (χ0n) is 24.9. The molecule has 2 atom stereocenters. The number of hydrogen-bond donors (Lipinski definition) is 0. The van der Waals surface area contributed by atoms with Crippen molar-refractivity contribution in [2.24, 2.45) is 0 Å². The van der Waals surface area contributed by atoms with Gasteiger partial charge in [-0.15, -0.1) is 0 Å². The highest BCUT2D eigenvalue weighted by Crippen LogP contribution is 2.47. The van der Waals surface area contributed by atoms with E-state index in [2.05, 4.69) is 116 Å². The van der Waals surface area contributed by atoms with Gasteiger partial charge in [0.25, 0.3) is 8.32 Å². The van der Waals surface area contributed by atoms with E-state index in [0.29, 0.717) is 18.2 Å². The minimum absolute atomic E-state index is 0.0619. The molecular formula is C35H37N5O2Si. The summed E-state index contributed by atoms with van der Waals surface area (Å²) in [5.74, 6) is 1.13. The number of fused-ring (bicyclic) bond motifs is 1. The van der Waals surface area contributed by atoms with Crippen molar-refractivity contribution in [1.29, 1.82) is 0 Å². The molecule has 1 fully saturated rings. The quantitative estimate of drug-likeness (QED) is 0.233. The molecule has 3 heterocycles. The van der Waals surface area contributed by atoms with Crippen LogP contribution in [0.4, 0.5) is 0 Å². The van der Waals surface area contributed by atoms with Gasteiger partial charge < -0.3 is 4.43 Å². The average molecular weight is 588 g/mol. The highest BCUT2D eigenvalue weighted by atomic mass is 28.4. The summed E-state index contributed by atoms with van der Waals surface area (Å²) in [7, 11) is -2.90. The Labute approximate surface area is 253 Å². The summed E-state index contributed by atoms with van der Waals surface area (Å²) in [4.78, 5) is 23.1. The van der Waals surface area contributed by atoms with Gasteiger partial charge in [-0.1, -0.05) is 112 Å². The number of aromatic nitrogens is 5. The zero-order valence-corrected chi connectivity index (χ0v) is 25.9. The highest BCUT2D eigenvalue weighted by Gasteiger charge is 2.54. The van der Waals surface area contributed by atoms with Gasteiger partial charge in [-0.3, -0.25) is 14.5 Å². The van der Waals surface area contributed by atoms with Crippen LogP contribution in [0.5, 0.6) is 0 Å². The molecule has 2 aliphatic rings. The van der Waals surface area contributed by atoms with Gasteiger partial charge in [0.2, 0.25) is 0 Å². The first-order valence-electron chi connectivity index (χ1n) is 15.2. The van der Waals surface area contributed by atoms with Gasteiger partial charge in [0.05, 0.1) is 24.0 Å². The summed E-state index contributed by atoms with van der Waals surface area (Å²) in [6.45, 7) is 6.83. The molecule has 2 aromatic heterocycles. The average Bonchev–Trinajstić information content (AvgIpc) is 3.53. The van der Waals surface area contributed by atoms with Gasteiger partial charge in [0.1, 0.15) is 6.10 Å². The molecule has 1 saturated carbocycles. The SMILES string of the molecule is CC(C)(C)[Si](O[C@H]1CC(c2cnccn2)n2c1nn(C1CC(c3ccccc3)C1)c2=O)(c1ccccc1)c1ccccc1. The summed E-state index contributed by atoms with van der Waals surface area (Å²) in [5, 5.41) is 7.27. The van der Waals surface area contributed by atoms with Crippen LogP contribution in [0.1, 0.15) is 81.2 Å². The van der Waals surface area contributed by atoms with E-state index in [0.717, 1.165) is 18.5 Å². The van der Waals surface area contributed by atoms with Crippen LogP contribution in [0, 0.1) is 0 Å². The predicted octanol–water partition coefficient (Wildman–Crippen LogP) is 5.56. The van der Waals surface area contributed by atoms with Crippen LogP contribution in [0.3, 0.4) is 0 Å². The Morgan fingerprint density at radius 3 is 1.98 bits per heavy atom. The molecular weight excluding hydrogens is 551 g/mol. The lowest BCUT2D eigenvalue weighted by atomic mass is 9.76. The van der Waals surface area contributed by atoms with Crippen LogP contribution >= 0.6 is 0 Å². The summed E-state index contributed by atoms with van der Waals surface area (Å²) >= 11 is 0. The molecule has 0 amide bonds. The lowest BCUT2D eigenvalue weighted by Gasteiger charge is -2.44. The molecule has 43 heavy (non-hydrogen) atoms. The Kier molecular flexibility index (Phi) is 6.98. The third-order valence-electron chi connectivity index (χ3n) is 9.29. The van der Waals surface area contributed by atoms with Crippen LogP contribution in [-0.2, 0) is 4.43 Å². The van der Waals surface area contributed by atoms with E-state index in [1.807, 2.05) is 10.6 Å². The molecule has 0 saturated heterocycles. The molecule has 1 aliphatic carbocycles. The van der Waals surface area contributed by atoms with Crippen molar-refractivity contribution in [2.75, 3.05) is 0 Å². The smallest absolute Gasteiger partial charge is 0.346 e. The summed E-state index contributed by atoms with van der Waals surface area (Å²) in [6, 6.07) is 31.6. The monoisotopic (exact) mass is 587 g/mol. The van der Waals surface area contributed by atoms with E-state index in [-0.39, 0.29) is 28.9 Å². The molecule has 5 aromatic rings.